The number of fused-ring (bicyclic) bond motifs is 1. The van der Waals surface area contributed by atoms with E-state index in [1.165, 1.54) is 19.1 Å². The number of aryl methyl sites for hydroxylation is 1. The Morgan fingerprint density at radius 3 is 2.47 bits per heavy atom. The van der Waals surface area contributed by atoms with Crippen molar-refractivity contribution in [1.29, 1.82) is 0 Å². The number of nitrogens with one attached hydrogen (secondary N) is 3. The van der Waals surface area contributed by atoms with Crippen molar-refractivity contribution in [3.8, 4) is 11.3 Å². The van der Waals surface area contributed by atoms with Gasteiger partial charge < -0.3 is 15.6 Å². The van der Waals surface area contributed by atoms with E-state index in [0.717, 1.165) is 27.7 Å². The number of benzene rings is 3. The van der Waals surface area contributed by atoms with Gasteiger partial charge in [0.1, 0.15) is 5.82 Å². The van der Waals surface area contributed by atoms with Gasteiger partial charge in [-0.15, -0.1) is 0 Å². The first-order valence-electron chi connectivity index (χ1n) is 10.1. The number of halogens is 2. The van der Waals surface area contributed by atoms with E-state index in [1.54, 1.807) is 30.3 Å². The molecule has 1 aromatic heterocycles. The largest absolute Gasteiger partial charge is 0.354 e. The third-order valence-electron chi connectivity index (χ3n) is 5.11. The number of anilines is 2. The summed E-state index contributed by atoms with van der Waals surface area (Å²) in [7, 11) is 0. The number of carbonyl (C=O) groups excluding carboxylic acids is 2. The SMILES string of the molecule is CC(=O)Nc1ccc(NC(=O)CCc2c(-c3ccc(F)cc3)[nH]c3ccccc23)c(Cl)c1. The van der Waals surface area contributed by atoms with Gasteiger partial charge in [-0.2, -0.15) is 0 Å². The highest BCUT2D eigenvalue weighted by atomic mass is 35.5. The molecule has 0 atom stereocenters. The van der Waals surface area contributed by atoms with Gasteiger partial charge in [0.15, 0.2) is 0 Å². The van der Waals surface area contributed by atoms with Gasteiger partial charge in [0.25, 0.3) is 0 Å². The molecule has 4 aromatic rings. The minimum atomic E-state index is -0.299. The Bertz CT molecular complexity index is 1300. The van der Waals surface area contributed by atoms with Crippen LogP contribution in [0.1, 0.15) is 18.9 Å². The first-order chi connectivity index (χ1) is 15.4. The number of hydrogen-bond donors (Lipinski definition) is 3. The second-order valence-corrected chi connectivity index (χ2v) is 7.86. The zero-order valence-electron chi connectivity index (χ0n) is 17.3. The highest BCUT2D eigenvalue weighted by Crippen LogP contribution is 2.32. The second-order valence-electron chi connectivity index (χ2n) is 7.46. The molecule has 4 rings (SSSR count). The molecular formula is C25H21ClFN3O2. The maximum atomic E-state index is 13.4. The zero-order chi connectivity index (χ0) is 22.7. The standard InChI is InChI=1S/C25H21ClFN3O2/c1-15(31)28-18-10-12-23(21(26)14-18)29-24(32)13-11-20-19-4-2-3-5-22(19)30-25(20)16-6-8-17(27)9-7-16/h2-10,12,14,30H,11,13H2,1H3,(H,28,31)(H,29,32). The Balaban J connectivity index is 1.53. The number of rotatable bonds is 6. The summed E-state index contributed by atoms with van der Waals surface area (Å²) in [6.07, 6.45) is 0.726. The molecule has 0 radical (unpaired) electrons. The molecule has 0 aliphatic heterocycles. The van der Waals surface area contributed by atoms with Crippen LogP contribution in [0.15, 0.2) is 66.7 Å². The van der Waals surface area contributed by atoms with Crippen LogP contribution < -0.4 is 10.6 Å². The summed E-state index contributed by atoms with van der Waals surface area (Å²) in [6, 6.07) is 19.1. The molecule has 0 saturated carbocycles. The quantitative estimate of drug-likeness (QED) is 0.330. The molecule has 5 nitrogen and oxygen atoms in total. The second kappa shape index (κ2) is 9.24. The molecule has 0 bridgehead atoms. The highest BCUT2D eigenvalue weighted by Gasteiger charge is 2.15. The van der Waals surface area contributed by atoms with E-state index < -0.39 is 0 Å². The monoisotopic (exact) mass is 449 g/mol. The molecule has 0 saturated heterocycles. The van der Waals surface area contributed by atoms with Gasteiger partial charge in [-0.3, -0.25) is 9.59 Å². The van der Waals surface area contributed by atoms with Crippen LogP contribution in [-0.4, -0.2) is 16.8 Å². The van der Waals surface area contributed by atoms with E-state index in [0.29, 0.717) is 22.8 Å². The van der Waals surface area contributed by atoms with Crippen LogP contribution in [0.25, 0.3) is 22.2 Å². The number of para-hydroxylation sites is 1. The summed E-state index contributed by atoms with van der Waals surface area (Å²) >= 11 is 6.25. The summed E-state index contributed by atoms with van der Waals surface area (Å²) in [5, 5.41) is 6.84. The number of aromatic nitrogens is 1. The molecule has 0 unspecified atom stereocenters. The van der Waals surface area contributed by atoms with E-state index in [9.17, 15) is 14.0 Å². The van der Waals surface area contributed by atoms with Crippen LogP contribution in [0, 0.1) is 5.82 Å². The van der Waals surface area contributed by atoms with Crippen molar-refractivity contribution in [1.82, 2.24) is 4.98 Å². The Hall–Kier alpha value is -3.64. The molecule has 162 valence electrons. The molecule has 0 fully saturated rings. The Morgan fingerprint density at radius 2 is 1.75 bits per heavy atom. The van der Waals surface area contributed by atoms with E-state index in [-0.39, 0.29) is 24.1 Å². The average Bonchev–Trinajstić information content (AvgIpc) is 3.13. The Morgan fingerprint density at radius 1 is 1.00 bits per heavy atom. The maximum absolute atomic E-state index is 13.4. The van der Waals surface area contributed by atoms with E-state index in [4.69, 9.17) is 11.6 Å². The molecule has 3 aromatic carbocycles. The predicted molar refractivity (Wildman–Crippen MR) is 126 cm³/mol. The van der Waals surface area contributed by atoms with Crippen molar-refractivity contribution in [3.63, 3.8) is 0 Å². The van der Waals surface area contributed by atoms with Crippen LogP contribution >= 0.6 is 11.6 Å². The first-order valence-corrected chi connectivity index (χ1v) is 10.5. The Labute approximate surface area is 189 Å². The lowest BCUT2D eigenvalue weighted by Crippen LogP contribution is -2.13. The van der Waals surface area contributed by atoms with E-state index in [2.05, 4.69) is 15.6 Å². The molecule has 7 heteroatoms. The van der Waals surface area contributed by atoms with Crippen LogP contribution in [-0.2, 0) is 16.0 Å². The molecule has 0 spiro atoms. The molecule has 1 heterocycles. The van der Waals surface area contributed by atoms with Crippen LogP contribution in [0.2, 0.25) is 5.02 Å². The summed E-state index contributed by atoms with van der Waals surface area (Å²) < 4.78 is 13.4. The van der Waals surface area contributed by atoms with Gasteiger partial charge in [-0.1, -0.05) is 29.8 Å². The minimum absolute atomic E-state index is 0.186. The van der Waals surface area contributed by atoms with E-state index >= 15 is 0 Å². The number of carbonyl (C=O) groups is 2. The lowest BCUT2D eigenvalue weighted by atomic mass is 10.0. The maximum Gasteiger partial charge on any atom is 0.224 e. The van der Waals surface area contributed by atoms with Gasteiger partial charge >= 0.3 is 0 Å². The van der Waals surface area contributed by atoms with Gasteiger partial charge in [-0.05, 0) is 66.1 Å². The van der Waals surface area contributed by atoms with Crippen molar-refractivity contribution in [2.24, 2.45) is 0 Å². The summed E-state index contributed by atoms with van der Waals surface area (Å²) in [5.74, 6) is -0.685. The van der Waals surface area contributed by atoms with Gasteiger partial charge in [0, 0.05) is 35.6 Å². The molecule has 0 aliphatic rings. The zero-order valence-corrected chi connectivity index (χ0v) is 18.1. The third kappa shape index (κ3) is 4.81. The fraction of sp³-hybridized carbons (Fsp3) is 0.120. The van der Waals surface area contributed by atoms with Crippen molar-refractivity contribution < 1.29 is 14.0 Å². The lowest BCUT2D eigenvalue weighted by molar-refractivity contribution is -0.116. The fourth-order valence-electron chi connectivity index (χ4n) is 3.67. The number of H-pyrrole nitrogens is 1. The van der Waals surface area contributed by atoms with Gasteiger partial charge in [0.05, 0.1) is 10.7 Å². The molecule has 2 amide bonds. The van der Waals surface area contributed by atoms with Gasteiger partial charge in [-0.25, -0.2) is 4.39 Å². The average molecular weight is 450 g/mol. The number of hydrogen-bond acceptors (Lipinski definition) is 2. The number of aromatic amines is 1. The molecule has 0 aliphatic carbocycles. The van der Waals surface area contributed by atoms with Gasteiger partial charge in [0.2, 0.25) is 11.8 Å². The summed E-state index contributed by atoms with van der Waals surface area (Å²) in [6.45, 7) is 1.41. The molecule has 32 heavy (non-hydrogen) atoms. The normalized spacial score (nSPS) is 10.8. The third-order valence-corrected chi connectivity index (χ3v) is 5.42. The lowest BCUT2D eigenvalue weighted by Gasteiger charge is -2.10. The first kappa shape index (κ1) is 21.6. The van der Waals surface area contributed by atoms with Crippen LogP contribution in [0.4, 0.5) is 15.8 Å². The predicted octanol–water partition coefficient (Wildman–Crippen LogP) is 6.16. The summed E-state index contributed by atoms with van der Waals surface area (Å²) in [4.78, 5) is 27.2. The molecule has 3 N–H and O–H groups in total. The van der Waals surface area contributed by atoms with Crippen molar-refractivity contribution in [2.45, 2.75) is 19.8 Å². The minimum Gasteiger partial charge on any atom is -0.354 e. The number of amides is 2. The Kier molecular flexibility index (Phi) is 6.23. The van der Waals surface area contributed by atoms with E-state index in [1.807, 2.05) is 24.3 Å². The fourth-order valence-corrected chi connectivity index (χ4v) is 3.90. The van der Waals surface area contributed by atoms with Crippen LogP contribution in [0.3, 0.4) is 0 Å². The topological polar surface area (TPSA) is 74.0 Å². The smallest absolute Gasteiger partial charge is 0.224 e. The molecular weight excluding hydrogens is 429 g/mol. The van der Waals surface area contributed by atoms with Crippen molar-refractivity contribution >= 4 is 45.7 Å². The van der Waals surface area contributed by atoms with Crippen molar-refractivity contribution in [2.75, 3.05) is 10.6 Å². The highest BCUT2D eigenvalue weighted by molar-refractivity contribution is 6.34. The van der Waals surface area contributed by atoms with Crippen molar-refractivity contribution in [3.05, 3.63) is 83.1 Å². The summed E-state index contributed by atoms with van der Waals surface area (Å²) in [5.41, 5.74) is 4.71. The van der Waals surface area contributed by atoms with Crippen LogP contribution in [0.5, 0.6) is 0 Å².